The Morgan fingerprint density at radius 1 is 0.571 bits per heavy atom. The van der Waals surface area contributed by atoms with Gasteiger partial charge in [-0.1, -0.05) is 118 Å². The van der Waals surface area contributed by atoms with E-state index in [2.05, 4.69) is 32.6 Å². The van der Waals surface area contributed by atoms with Gasteiger partial charge in [0.2, 0.25) is 5.91 Å². The lowest BCUT2D eigenvalue weighted by molar-refractivity contribution is -0.118. The van der Waals surface area contributed by atoms with Crippen molar-refractivity contribution in [2.75, 3.05) is 19.6 Å². The third-order valence-corrected chi connectivity index (χ3v) is 5.37. The molecule has 0 spiro atoms. The van der Waals surface area contributed by atoms with Crippen molar-refractivity contribution >= 4 is 18.3 Å². The van der Waals surface area contributed by atoms with Crippen LogP contribution in [0.5, 0.6) is 0 Å². The van der Waals surface area contributed by atoms with Crippen LogP contribution in [0, 0.1) is 0 Å². The van der Waals surface area contributed by atoms with Gasteiger partial charge in [-0.15, -0.1) is 12.4 Å². The first-order valence-electron chi connectivity index (χ1n) is 12.1. The number of halogens is 1. The lowest BCUT2D eigenvalue weighted by Gasteiger charge is -2.13. The van der Waals surface area contributed by atoms with E-state index in [-0.39, 0.29) is 18.3 Å². The molecule has 0 unspecified atom stereocenters. The number of unbranched alkanes of at least 4 members (excludes halogenated alkanes) is 14. The largest absolute Gasteiger partial charge is 0.370 e. The van der Waals surface area contributed by atoms with Crippen LogP contribution in [0.15, 0.2) is 0 Å². The summed E-state index contributed by atoms with van der Waals surface area (Å²) in [6, 6.07) is 0. The summed E-state index contributed by atoms with van der Waals surface area (Å²) in [5, 5.41) is 0. The summed E-state index contributed by atoms with van der Waals surface area (Å²) in [5.41, 5.74) is 5.11. The monoisotopic (exact) mass is 420 g/mol. The van der Waals surface area contributed by atoms with E-state index in [1.807, 2.05) is 0 Å². The number of amides is 1. The first-order chi connectivity index (χ1) is 13.1. The average Bonchev–Trinajstić information content (AvgIpc) is 2.66. The fraction of sp³-hybridized carbons (Fsp3) is 0.958. The molecule has 0 saturated heterocycles. The minimum Gasteiger partial charge on any atom is -0.370 e. The maximum Gasteiger partial charge on any atom is 0.217 e. The van der Waals surface area contributed by atoms with Gasteiger partial charge in [-0.05, 0) is 26.1 Å². The van der Waals surface area contributed by atoms with Gasteiger partial charge in [0.15, 0.2) is 0 Å². The van der Waals surface area contributed by atoms with Crippen molar-refractivity contribution < 1.29 is 4.79 Å². The summed E-state index contributed by atoms with van der Waals surface area (Å²) < 4.78 is 0. The summed E-state index contributed by atoms with van der Waals surface area (Å²) in [6.45, 7) is 12.4. The van der Waals surface area contributed by atoms with Gasteiger partial charge in [-0.25, -0.2) is 0 Å². The summed E-state index contributed by atoms with van der Waals surface area (Å²) in [5.74, 6) is -0.153. The highest BCUT2D eigenvalue weighted by atomic mass is 35.5. The Labute approximate surface area is 184 Å². The minimum atomic E-state index is -0.153. The fourth-order valence-electron chi connectivity index (χ4n) is 3.34. The van der Waals surface area contributed by atoms with Crippen molar-refractivity contribution in [1.82, 2.24) is 4.90 Å². The molecule has 1 amide bonds. The molecule has 2 N–H and O–H groups in total. The van der Waals surface area contributed by atoms with Gasteiger partial charge in [-0.3, -0.25) is 4.79 Å². The molecule has 172 valence electrons. The van der Waals surface area contributed by atoms with Crippen LogP contribution in [0.1, 0.15) is 130 Å². The molecule has 0 aromatic rings. The van der Waals surface area contributed by atoms with Crippen molar-refractivity contribution in [3.05, 3.63) is 0 Å². The van der Waals surface area contributed by atoms with E-state index in [1.165, 1.54) is 110 Å². The van der Waals surface area contributed by atoms with E-state index in [0.717, 1.165) is 6.42 Å². The second-order valence-electron chi connectivity index (χ2n) is 7.79. The molecule has 28 heavy (non-hydrogen) atoms. The Bertz CT molecular complexity index is 278. The number of carbonyl (C=O) groups excluding carboxylic acids is 1. The average molecular weight is 421 g/mol. The Hall–Kier alpha value is -0.280. The van der Waals surface area contributed by atoms with Crippen LogP contribution in [0.2, 0.25) is 0 Å². The molecule has 0 radical (unpaired) electrons. The highest BCUT2D eigenvalue weighted by Gasteiger charge is 1.96. The second kappa shape index (κ2) is 28.9. The highest BCUT2D eigenvalue weighted by Crippen LogP contribution is 2.13. The molecule has 0 rings (SSSR count). The zero-order valence-electron chi connectivity index (χ0n) is 19.8. The van der Waals surface area contributed by atoms with E-state index >= 15 is 0 Å². The molecule has 0 fully saturated rings. The van der Waals surface area contributed by atoms with Gasteiger partial charge in [0.1, 0.15) is 0 Å². The summed E-state index contributed by atoms with van der Waals surface area (Å²) in [6.07, 6.45) is 20.9. The maximum absolute atomic E-state index is 10.6. The normalized spacial score (nSPS) is 10.3. The first-order valence-corrected chi connectivity index (χ1v) is 12.1. The number of nitrogens with two attached hydrogens (primary N) is 1. The topological polar surface area (TPSA) is 46.3 Å². The molecule has 0 aliphatic heterocycles. The van der Waals surface area contributed by atoms with Crippen LogP contribution >= 0.6 is 12.4 Å². The van der Waals surface area contributed by atoms with Gasteiger partial charge in [0, 0.05) is 6.42 Å². The zero-order chi connectivity index (χ0) is 20.6. The molecule has 0 saturated carbocycles. The molecule has 3 nitrogen and oxygen atoms in total. The van der Waals surface area contributed by atoms with Gasteiger partial charge in [0.05, 0.1) is 0 Å². The molecule has 0 heterocycles. The molecule has 4 heteroatoms. The summed E-state index contributed by atoms with van der Waals surface area (Å²) in [4.78, 5) is 12.9. The molecule has 0 aromatic carbocycles. The number of hydrogen-bond acceptors (Lipinski definition) is 2. The third kappa shape index (κ3) is 30.4. The van der Waals surface area contributed by atoms with Crippen LogP contribution < -0.4 is 5.73 Å². The molecule has 0 aliphatic carbocycles. The highest BCUT2D eigenvalue weighted by molar-refractivity contribution is 5.85. The number of primary amides is 1. The van der Waals surface area contributed by atoms with E-state index in [4.69, 9.17) is 5.73 Å². The number of hydrogen-bond donors (Lipinski definition) is 1. The van der Waals surface area contributed by atoms with E-state index < -0.39 is 0 Å². The van der Waals surface area contributed by atoms with E-state index in [1.54, 1.807) is 0 Å². The minimum absolute atomic E-state index is 0. The Kier molecular flexibility index (Phi) is 33.5. The van der Waals surface area contributed by atoms with E-state index in [0.29, 0.717) is 6.42 Å². The Morgan fingerprint density at radius 2 is 0.857 bits per heavy atom. The quantitative estimate of drug-likeness (QED) is 0.220. The molecule has 0 bridgehead atoms. The Morgan fingerprint density at radius 3 is 1.07 bits per heavy atom. The predicted octanol–water partition coefficient (Wildman–Crippen LogP) is 7.50. The number of nitrogens with zero attached hydrogens (tertiary/aromatic N) is 1. The summed E-state index contributed by atoms with van der Waals surface area (Å²) >= 11 is 0. The van der Waals surface area contributed by atoms with Crippen molar-refractivity contribution in [1.29, 1.82) is 0 Å². The van der Waals surface area contributed by atoms with Crippen molar-refractivity contribution in [2.24, 2.45) is 5.73 Å². The smallest absolute Gasteiger partial charge is 0.217 e. The van der Waals surface area contributed by atoms with Crippen molar-refractivity contribution in [3.8, 4) is 0 Å². The van der Waals surface area contributed by atoms with Crippen LogP contribution in [0.3, 0.4) is 0 Å². The molecular formula is C24H53ClN2O. The lowest BCUT2D eigenvalue weighted by Crippen LogP contribution is -2.21. The first kappa shape index (κ1) is 32.4. The van der Waals surface area contributed by atoms with Gasteiger partial charge in [-0.2, -0.15) is 0 Å². The standard InChI is InChI=1S/C18H37NO.C6H15N.ClH/c1-2-3-4-5-6-7-8-9-10-11-12-13-14-15-16-17-18(19)20;1-4-7(5-2)6-3;/h2-17H2,1H3,(H2,19,20);4-6H2,1-3H3;1H. The van der Waals surface area contributed by atoms with Gasteiger partial charge in [0.25, 0.3) is 0 Å². The maximum atomic E-state index is 10.6. The van der Waals surface area contributed by atoms with Gasteiger partial charge < -0.3 is 10.6 Å². The molecule has 0 atom stereocenters. The van der Waals surface area contributed by atoms with E-state index in [9.17, 15) is 4.79 Å². The molecule has 0 aromatic heterocycles. The number of carbonyl (C=O) groups is 1. The summed E-state index contributed by atoms with van der Waals surface area (Å²) in [7, 11) is 0. The fourth-order valence-corrected chi connectivity index (χ4v) is 3.34. The predicted molar refractivity (Wildman–Crippen MR) is 129 cm³/mol. The van der Waals surface area contributed by atoms with Crippen LogP contribution in [-0.2, 0) is 4.79 Å². The molecule has 0 aliphatic rings. The Balaban J connectivity index is -0.000000665. The van der Waals surface area contributed by atoms with Crippen molar-refractivity contribution in [3.63, 3.8) is 0 Å². The van der Waals surface area contributed by atoms with Crippen molar-refractivity contribution in [2.45, 2.75) is 130 Å². The van der Waals surface area contributed by atoms with Crippen LogP contribution in [0.4, 0.5) is 0 Å². The van der Waals surface area contributed by atoms with Crippen LogP contribution in [0.25, 0.3) is 0 Å². The second-order valence-corrected chi connectivity index (χ2v) is 7.79. The number of rotatable bonds is 19. The SMILES string of the molecule is CCCCCCCCCCCCCCCCCC(N)=O.CCN(CC)CC.Cl. The molecular weight excluding hydrogens is 368 g/mol. The van der Waals surface area contributed by atoms with Crippen LogP contribution in [-0.4, -0.2) is 30.4 Å². The zero-order valence-corrected chi connectivity index (χ0v) is 20.6. The van der Waals surface area contributed by atoms with Gasteiger partial charge >= 0.3 is 0 Å². The third-order valence-electron chi connectivity index (χ3n) is 5.37. The lowest BCUT2D eigenvalue weighted by atomic mass is 10.0.